The van der Waals surface area contributed by atoms with E-state index >= 15 is 0 Å². The highest BCUT2D eigenvalue weighted by Crippen LogP contribution is 2.39. The molecule has 1 aromatic carbocycles. The van der Waals surface area contributed by atoms with E-state index in [1.54, 1.807) is 6.07 Å². The van der Waals surface area contributed by atoms with Crippen molar-refractivity contribution in [3.63, 3.8) is 0 Å². The van der Waals surface area contributed by atoms with Gasteiger partial charge in [-0.15, -0.1) is 0 Å². The number of rotatable bonds is 3. The molecule has 0 aromatic heterocycles. The first kappa shape index (κ1) is 9.81. The Bertz CT molecular complexity index is 336. The first-order chi connectivity index (χ1) is 6.68. The van der Waals surface area contributed by atoms with Gasteiger partial charge >= 0.3 is 0 Å². The molecule has 14 heavy (non-hydrogen) atoms. The van der Waals surface area contributed by atoms with Crippen LogP contribution in [0.5, 0.6) is 5.75 Å². The Hall–Kier alpha value is -0.730. The first-order valence-electron chi connectivity index (χ1n) is 4.91. The number of nitrogens with two attached hydrogens (primary N) is 1. The van der Waals surface area contributed by atoms with Crippen molar-refractivity contribution in [3.8, 4) is 5.75 Å². The normalized spacial score (nSPS) is 18.1. The van der Waals surface area contributed by atoms with Crippen LogP contribution in [-0.2, 0) is 0 Å². The zero-order chi connectivity index (χ0) is 10.1. The van der Waals surface area contributed by atoms with E-state index in [0.717, 1.165) is 17.9 Å². The minimum Gasteiger partial charge on any atom is -0.506 e. The molecule has 1 aromatic rings. The van der Waals surface area contributed by atoms with Crippen LogP contribution in [-0.4, -0.2) is 5.11 Å². The van der Waals surface area contributed by atoms with Gasteiger partial charge in [-0.1, -0.05) is 36.6 Å². The fourth-order valence-electron chi connectivity index (χ4n) is 1.67. The Morgan fingerprint density at radius 2 is 2.21 bits per heavy atom. The number of para-hydroxylation sites is 1. The van der Waals surface area contributed by atoms with Gasteiger partial charge in [0.15, 0.2) is 0 Å². The van der Waals surface area contributed by atoms with Crippen molar-refractivity contribution in [2.75, 3.05) is 0 Å². The molecule has 3 N–H and O–H groups in total. The average molecular weight is 212 g/mol. The van der Waals surface area contributed by atoms with E-state index in [4.69, 9.17) is 17.3 Å². The van der Waals surface area contributed by atoms with Crippen LogP contribution >= 0.6 is 11.6 Å². The molecule has 0 spiro atoms. The molecule has 2 rings (SSSR count). The highest BCUT2D eigenvalue weighted by atomic mass is 35.5. The molecule has 1 atom stereocenters. The van der Waals surface area contributed by atoms with Gasteiger partial charge < -0.3 is 10.8 Å². The van der Waals surface area contributed by atoms with Crippen LogP contribution in [0.25, 0.3) is 0 Å². The van der Waals surface area contributed by atoms with E-state index < -0.39 is 0 Å². The van der Waals surface area contributed by atoms with E-state index in [2.05, 4.69) is 0 Å². The van der Waals surface area contributed by atoms with E-state index in [-0.39, 0.29) is 11.8 Å². The summed E-state index contributed by atoms with van der Waals surface area (Å²) < 4.78 is 0. The third-order valence-corrected chi connectivity index (χ3v) is 3.01. The molecule has 2 nitrogen and oxygen atoms in total. The largest absolute Gasteiger partial charge is 0.506 e. The van der Waals surface area contributed by atoms with Gasteiger partial charge in [0.2, 0.25) is 0 Å². The Morgan fingerprint density at radius 3 is 2.86 bits per heavy atom. The van der Waals surface area contributed by atoms with Crippen LogP contribution in [0.1, 0.15) is 30.9 Å². The second-order valence-electron chi connectivity index (χ2n) is 3.96. The lowest BCUT2D eigenvalue weighted by atomic mass is 10.0. The van der Waals surface area contributed by atoms with Crippen LogP contribution < -0.4 is 5.73 Å². The summed E-state index contributed by atoms with van der Waals surface area (Å²) in [6, 6.07) is 5.25. The summed E-state index contributed by atoms with van der Waals surface area (Å²) in [5, 5.41) is 10.1. The van der Waals surface area contributed by atoms with Crippen LogP contribution in [0, 0.1) is 5.92 Å². The fraction of sp³-hybridized carbons (Fsp3) is 0.455. The molecule has 1 aliphatic rings. The summed E-state index contributed by atoms with van der Waals surface area (Å²) in [6.07, 6.45) is 3.50. The SMILES string of the molecule is N[C@@H](CC1CC1)c1cccc(Cl)c1O. The Labute approximate surface area is 88.7 Å². The van der Waals surface area contributed by atoms with E-state index in [9.17, 15) is 5.11 Å². The first-order valence-corrected chi connectivity index (χ1v) is 5.29. The van der Waals surface area contributed by atoms with Gasteiger partial charge in [-0.3, -0.25) is 0 Å². The number of halogens is 1. The predicted molar refractivity (Wildman–Crippen MR) is 57.4 cm³/mol. The van der Waals surface area contributed by atoms with Crippen molar-refractivity contribution in [2.45, 2.75) is 25.3 Å². The summed E-state index contributed by atoms with van der Waals surface area (Å²) in [6.45, 7) is 0. The number of hydrogen-bond acceptors (Lipinski definition) is 2. The Kier molecular flexibility index (Phi) is 2.66. The Balaban J connectivity index is 2.16. The lowest BCUT2D eigenvalue weighted by Gasteiger charge is -2.13. The summed E-state index contributed by atoms with van der Waals surface area (Å²) >= 11 is 5.80. The van der Waals surface area contributed by atoms with Crippen molar-refractivity contribution in [1.82, 2.24) is 0 Å². The average Bonchev–Trinajstić information content (AvgIpc) is 2.93. The molecule has 0 saturated heterocycles. The molecule has 0 bridgehead atoms. The summed E-state index contributed by atoms with van der Waals surface area (Å²) in [5.41, 5.74) is 6.75. The maximum absolute atomic E-state index is 9.69. The van der Waals surface area contributed by atoms with Crippen LogP contribution in [0.4, 0.5) is 0 Å². The number of aromatic hydroxyl groups is 1. The number of phenolic OH excluding ortho intramolecular Hbond substituents is 1. The van der Waals surface area contributed by atoms with Crippen LogP contribution in [0.3, 0.4) is 0 Å². The lowest BCUT2D eigenvalue weighted by molar-refractivity contribution is 0.456. The van der Waals surface area contributed by atoms with Gasteiger partial charge in [-0.2, -0.15) is 0 Å². The molecule has 1 saturated carbocycles. The van der Waals surface area contributed by atoms with Crippen molar-refractivity contribution >= 4 is 11.6 Å². The highest BCUT2D eigenvalue weighted by Gasteiger charge is 2.25. The molecule has 0 radical (unpaired) electrons. The van der Waals surface area contributed by atoms with Crippen molar-refractivity contribution in [1.29, 1.82) is 0 Å². The van der Waals surface area contributed by atoms with Crippen molar-refractivity contribution in [3.05, 3.63) is 28.8 Å². The second-order valence-corrected chi connectivity index (χ2v) is 4.37. The number of hydrogen-bond donors (Lipinski definition) is 2. The minimum atomic E-state index is -0.0822. The minimum absolute atomic E-state index is 0.0822. The quantitative estimate of drug-likeness (QED) is 0.808. The smallest absolute Gasteiger partial charge is 0.138 e. The summed E-state index contributed by atoms with van der Waals surface area (Å²) in [4.78, 5) is 0. The topological polar surface area (TPSA) is 46.2 Å². The molecule has 0 unspecified atom stereocenters. The van der Waals surface area contributed by atoms with E-state index in [1.807, 2.05) is 12.1 Å². The molecule has 1 fully saturated rings. The number of benzene rings is 1. The maximum atomic E-state index is 9.69. The van der Waals surface area contributed by atoms with E-state index in [0.29, 0.717) is 5.02 Å². The van der Waals surface area contributed by atoms with Gasteiger partial charge in [0.25, 0.3) is 0 Å². The molecular formula is C11H14ClNO. The molecule has 0 aliphatic heterocycles. The van der Waals surface area contributed by atoms with Gasteiger partial charge in [0.05, 0.1) is 5.02 Å². The van der Waals surface area contributed by atoms with Gasteiger partial charge in [-0.25, -0.2) is 0 Å². The molecule has 1 aliphatic carbocycles. The summed E-state index contributed by atoms with van der Waals surface area (Å²) in [7, 11) is 0. The lowest BCUT2D eigenvalue weighted by Crippen LogP contribution is -2.11. The maximum Gasteiger partial charge on any atom is 0.138 e. The van der Waals surface area contributed by atoms with Crippen molar-refractivity contribution < 1.29 is 5.11 Å². The molecule has 3 heteroatoms. The molecule has 0 amide bonds. The summed E-state index contributed by atoms with van der Waals surface area (Å²) in [5.74, 6) is 0.894. The van der Waals surface area contributed by atoms with Crippen molar-refractivity contribution in [2.24, 2.45) is 11.7 Å². The Morgan fingerprint density at radius 1 is 1.50 bits per heavy atom. The van der Waals surface area contributed by atoms with Crippen LogP contribution in [0.2, 0.25) is 5.02 Å². The third-order valence-electron chi connectivity index (χ3n) is 2.70. The van der Waals surface area contributed by atoms with Gasteiger partial charge in [0.1, 0.15) is 5.75 Å². The highest BCUT2D eigenvalue weighted by molar-refractivity contribution is 6.32. The number of phenols is 1. The fourth-order valence-corrected chi connectivity index (χ4v) is 1.85. The third kappa shape index (κ3) is 2.02. The monoisotopic (exact) mass is 211 g/mol. The van der Waals surface area contributed by atoms with Crippen LogP contribution in [0.15, 0.2) is 18.2 Å². The van der Waals surface area contributed by atoms with E-state index in [1.165, 1.54) is 12.8 Å². The second kappa shape index (κ2) is 3.79. The predicted octanol–water partition coefficient (Wildman–Crippen LogP) is 2.85. The van der Waals surface area contributed by atoms with Gasteiger partial charge in [-0.05, 0) is 18.4 Å². The molecule has 0 heterocycles. The zero-order valence-corrected chi connectivity index (χ0v) is 8.67. The zero-order valence-electron chi connectivity index (χ0n) is 7.91. The molecule has 76 valence electrons. The molecular weight excluding hydrogens is 198 g/mol. The standard InChI is InChI=1S/C11H14ClNO/c12-9-3-1-2-8(11(9)14)10(13)6-7-4-5-7/h1-3,7,10,14H,4-6,13H2/t10-/m0/s1. The van der Waals surface area contributed by atoms with Gasteiger partial charge in [0, 0.05) is 11.6 Å².